The van der Waals surface area contributed by atoms with E-state index >= 15 is 0 Å². The quantitative estimate of drug-likeness (QED) is 0.271. The number of rotatable bonds is 4. The number of hydrogen-bond donors (Lipinski definition) is 0. The van der Waals surface area contributed by atoms with E-state index < -0.39 is 0 Å². The van der Waals surface area contributed by atoms with Gasteiger partial charge < -0.3 is 0 Å². The second-order valence-corrected chi connectivity index (χ2v) is 8.15. The molecule has 1 heterocycles. The van der Waals surface area contributed by atoms with E-state index in [2.05, 4.69) is 104 Å². The summed E-state index contributed by atoms with van der Waals surface area (Å²) in [6.07, 6.45) is 8.28. The van der Waals surface area contributed by atoms with Crippen LogP contribution in [0.1, 0.15) is 11.1 Å². The highest BCUT2D eigenvalue weighted by Gasteiger charge is 2.08. The minimum atomic E-state index is 1.12. The van der Waals surface area contributed by atoms with Gasteiger partial charge in [-0.05, 0) is 39.6 Å². The lowest BCUT2D eigenvalue weighted by Crippen LogP contribution is -1.78. The van der Waals surface area contributed by atoms with Gasteiger partial charge in [0.2, 0.25) is 0 Å². The van der Waals surface area contributed by atoms with Crippen molar-refractivity contribution in [2.45, 2.75) is 0 Å². The summed E-state index contributed by atoms with van der Waals surface area (Å²) in [7, 11) is 0. The van der Waals surface area contributed by atoms with Crippen molar-refractivity contribution in [3.63, 3.8) is 0 Å². The Kier molecular flexibility index (Phi) is 4.59. The number of allylic oxidation sites excluding steroid dienone is 4. The van der Waals surface area contributed by atoms with Crippen LogP contribution in [0.5, 0.6) is 0 Å². The van der Waals surface area contributed by atoms with Crippen LogP contribution in [0.4, 0.5) is 0 Å². The standard InChI is InChI=1S/C28H20S/c1-2-21(22-10-4-3-5-11-22)13-8-9-20-15-17-25-27(19-20)29-26-18-16-23-12-6-7-14-24(23)28(25)26/h2-19H,1H2/b9-8-,21-13+. The predicted molar refractivity (Wildman–Crippen MR) is 130 cm³/mol. The first-order valence-electron chi connectivity index (χ1n) is 9.74. The number of fused-ring (bicyclic) bond motifs is 5. The molecule has 0 unspecified atom stereocenters. The van der Waals surface area contributed by atoms with E-state index in [0.717, 1.165) is 5.57 Å². The van der Waals surface area contributed by atoms with Crippen molar-refractivity contribution in [3.8, 4) is 0 Å². The molecule has 0 amide bonds. The number of benzene rings is 4. The highest BCUT2D eigenvalue weighted by atomic mass is 32.1. The van der Waals surface area contributed by atoms with Gasteiger partial charge in [0.15, 0.2) is 0 Å². The summed E-state index contributed by atoms with van der Waals surface area (Å²) in [5.41, 5.74) is 3.51. The highest BCUT2D eigenvalue weighted by Crippen LogP contribution is 2.38. The van der Waals surface area contributed by atoms with E-state index in [4.69, 9.17) is 0 Å². The molecule has 0 saturated heterocycles. The average Bonchev–Trinajstić information content (AvgIpc) is 3.15. The van der Waals surface area contributed by atoms with Gasteiger partial charge in [0, 0.05) is 20.2 Å². The van der Waals surface area contributed by atoms with E-state index in [1.165, 1.54) is 42.1 Å². The van der Waals surface area contributed by atoms with Crippen molar-refractivity contribution in [1.29, 1.82) is 0 Å². The van der Waals surface area contributed by atoms with Gasteiger partial charge in [-0.15, -0.1) is 11.3 Å². The zero-order valence-electron chi connectivity index (χ0n) is 16.0. The van der Waals surface area contributed by atoms with Crippen molar-refractivity contribution < 1.29 is 0 Å². The summed E-state index contributed by atoms with van der Waals surface area (Å²) in [6.45, 7) is 3.95. The monoisotopic (exact) mass is 388 g/mol. The first-order valence-corrected chi connectivity index (χ1v) is 10.6. The third kappa shape index (κ3) is 3.30. The molecule has 0 nitrogen and oxygen atoms in total. The smallest absolute Gasteiger partial charge is 0.0361 e. The van der Waals surface area contributed by atoms with Crippen molar-refractivity contribution in [1.82, 2.24) is 0 Å². The van der Waals surface area contributed by atoms with E-state index in [0.29, 0.717) is 0 Å². The minimum Gasteiger partial charge on any atom is -0.135 e. The second kappa shape index (κ2) is 7.54. The molecule has 0 radical (unpaired) electrons. The Hall–Kier alpha value is -3.42. The Balaban J connectivity index is 1.54. The van der Waals surface area contributed by atoms with Gasteiger partial charge in [-0.25, -0.2) is 0 Å². The molecule has 1 aromatic heterocycles. The molecule has 5 aromatic rings. The van der Waals surface area contributed by atoms with Crippen molar-refractivity contribution in [2.75, 3.05) is 0 Å². The molecular formula is C28H20S. The first-order chi connectivity index (χ1) is 14.3. The van der Waals surface area contributed by atoms with Gasteiger partial charge in [-0.3, -0.25) is 0 Å². The molecule has 5 rings (SSSR count). The molecule has 0 aliphatic rings. The Morgan fingerprint density at radius 1 is 0.759 bits per heavy atom. The molecule has 0 N–H and O–H groups in total. The van der Waals surface area contributed by atoms with Crippen molar-refractivity contribution in [3.05, 3.63) is 121 Å². The maximum Gasteiger partial charge on any atom is 0.0361 e. The minimum absolute atomic E-state index is 1.12. The fourth-order valence-electron chi connectivity index (χ4n) is 3.84. The molecule has 0 saturated carbocycles. The Morgan fingerprint density at radius 2 is 1.59 bits per heavy atom. The lowest BCUT2D eigenvalue weighted by molar-refractivity contribution is 1.62. The van der Waals surface area contributed by atoms with Crippen LogP contribution in [-0.4, -0.2) is 0 Å². The van der Waals surface area contributed by atoms with Crippen LogP contribution in [0, 0.1) is 0 Å². The first kappa shape index (κ1) is 17.7. The van der Waals surface area contributed by atoms with Gasteiger partial charge in [0.1, 0.15) is 0 Å². The molecule has 1 heteroatoms. The summed E-state index contributed by atoms with van der Waals surface area (Å²) in [4.78, 5) is 0. The Morgan fingerprint density at radius 3 is 2.45 bits per heavy atom. The normalized spacial score (nSPS) is 12.3. The summed E-state index contributed by atoms with van der Waals surface area (Å²) in [6, 6.07) is 30.2. The molecule has 0 aliphatic heterocycles. The summed E-state index contributed by atoms with van der Waals surface area (Å²) in [5, 5.41) is 5.34. The van der Waals surface area contributed by atoms with Crippen LogP contribution in [0.2, 0.25) is 0 Å². The predicted octanol–water partition coefficient (Wildman–Crippen LogP) is 8.49. The van der Waals surface area contributed by atoms with Crippen LogP contribution in [-0.2, 0) is 0 Å². The fourth-order valence-corrected chi connectivity index (χ4v) is 5.01. The van der Waals surface area contributed by atoms with Crippen LogP contribution >= 0.6 is 11.3 Å². The van der Waals surface area contributed by atoms with Gasteiger partial charge in [0.05, 0.1) is 0 Å². The second-order valence-electron chi connectivity index (χ2n) is 7.07. The van der Waals surface area contributed by atoms with E-state index in [-0.39, 0.29) is 0 Å². The van der Waals surface area contributed by atoms with Crippen LogP contribution in [0.3, 0.4) is 0 Å². The van der Waals surface area contributed by atoms with Gasteiger partial charge in [-0.2, -0.15) is 0 Å². The molecular weight excluding hydrogens is 368 g/mol. The highest BCUT2D eigenvalue weighted by molar-refractivity contribution is 7.26. The summed E-state index contributed by atoms with van der Waals surface area (Å²) in [5.74, 6) is 0. The lowest BCUT2D eigenvalue weighted by Gasteiger charge is -2.01. The van der Waals surface area contributed by atoms with E-state index in [1.807, 2.05) is 23.5 Å². The lowest BCUT2D eigenvalue weighted by atomic mass is 10.0. The van der Waals surface area contributed by atoms with Gasteiger partial charge in [0.25, 0.3) is 0 Å². The number of hydrogen-bond acceptors (Lipinski definition) is 1. The Bertz CT molecular complexity index is 1400. The third-order valence-corrected chi connectivity index (χ3v) is 6.40. The third-order valence-electron chi connectivity index (χ3n) is 5.28. The Labute approximate surface area is 174 Å². The zero-order valence-corrected chi connectivity index (χ0v) is 16.8. The molecule has 0 spiro atoms. The molecule has 29 heavy (non-hydrogen) atoms. The van der Waals surface area contributed by atoms with E-state index in [1.54, 1.807) is 0 Å². The average molecular weight is 389 g/mol. The van der Waals surface area contributed by atoms with Gasteiger partial charge in [-0.1, -0.05) is 104 Å². The van der Waals surface area contributed by atoms with E-state index in [9.17, 15) is 0 Å². The molecule has 0 bridgehead atoms. The molecule has 0 aliphatic carbocycles. The molecule has 0 fully saturated rings. The number of thiophene rings is 1. The van der Waals surface area contributed by atoms with Crippen LogP contribution in [0.15, 0.2) is 110 Å². The van der Waals surface area contributed by atoms with Crippen molar-refractivity contribution in [2.24, 2.45) is 0 Å². The fraction of sp³-hybridized carbons (Fsp3) is 0. The molecule has 138 valence electrons. The molecule has 4 aromatic carbocycles. The maximum absolute atomic E-state index is 3.95. The topological polar surface area (TPSA) is 0 Å². The summed E-state index contributed by atoms with van der Waals surface area (Å²) < 4.78 is 2.67. The van der Waals surface area contributed by atoms with Crippen LogP contribution in [0.25, 0.3) is 42.6 Å². The van der Waals surface area contributed by atoms with Gasteiger partial charge >= 0.3 is 0 Å². The molecule has 0 atom stereocenters. The zero-order chi connectivity index (χ0) is 19.6. The SMILES string of the molecule is C=C/C(=C\C=C/c1ccc2c(c1)sc1ccc3ccccc3c12)c1ccccc1. The maximum atomic E-state index is 3.95. The van der Waals surface area contributed by atoms with Crippen molar-refractivity contribution >= 4 is 53.9 Å². The summed E-state index contributed by atoms with van der Waals surface area (Å²) >= 11 is 1.87. The van der Waals surface area contributed by atoms with Crippen LogP contribution < -0.4 is 0 Å². The largest absolute Gasteiger partial charge is 0.135 e.